The molecule has 174 valence electrons. The van der Waals surface area contributed by atoms with Crippen LogP contribution in [0.2, 0.25) is 0 Å². The number of fused-ring (bicyclic) bond motifs is 5. The van der Waals surface area contributed by atoms with E-state index < -0.39 is 0 Å². The van der Waals surface area contributed by atoms with Gasteiger partial charge in [-0.2, -0.15) is 0 Å². The molecular weight excluding hydrogens is 444 g/mol. The van der Waals surface area contributed by atoms with Crippen LogP contribution in [0.25, 0.3) is 11.1 Å². The Kier molecular flexibility index (Phi) is 4.45. The molecule has 0 bridgehead atoms. The molecule has 4 heteroatoms. The Bertz CT molecular complexity index is 1630. The molecule has 1 aromatic heterocycles. The van der Waals surface area contributed by atoms with Gasteiger partial charge in [-0.3, -0.25) is 4.98 Å². The van der Waals surface area contributed by atoms with E-state index in [0.29, 0.717) is 11.5 Å². The minimum Gasteiger partial charge on any atom is -0.450 e. The largest absolute Gasteiger partial charge is 0.450 e. The number of ether oxygens (including phenoxy) is 2. The summed E-state index contributed by atoms with van der Waals surface area (Å²) in [6, 6.07) is 33.4. The lowest BCUT2D eigenvalue weighted by Crippen LogP contribution is -2.16. The summed E-state index contributed by atoms with van der Waals surface area (Å²) >= 11 is 0. The van der Waals surface area contributed by atoms with Crippen molar-refractivity contribution in [2.24, 2.45) is 0 Å². The fourth-order valence-electron chi connectivity index (χ4n) is 5.43. The highest BCUT2D eigenvalue weighted by atomic mass is 16.6. The first-order valence-electron chi connectivity index (χ1n) is 12.1. The van der Waals surface area contributed by atoms with E-state index in [1.807, 2.05) is 60.9 Å². The van der Waals surface area contributed by atoms with Gasteiger partial charge < -0.3 is 14.4 Å². The van der Waals surface area contributed by atoms with Crippen molar-refractivity contribution in [3.8, 4) is 34.1 Å². The van der Waals surface area contributed by atoms with Gasteiger partial charge in [-0.1, -0.05) is 56.3 Å². The summed E-state index contributed by atoms with van der Waals surface area (Å²) in [6.45, 7) is 4.61. The zero-order valence-corrected chi connectivity index (χ0v) is 20.1. The van der Waals surface area contributed by atoms with Gasteiger partial charge in [0.05, 0.1) is 5.69 Å². The van der Waals surface area contributed by atoms with Gasteiger partial charge in [-0.25, -0.2) is 0 Å². The SMILES string of the molecule is CC1(C)c2ccccc2-c2ccc(N(c3ccncc3)c3ccc4c(c3)Oc3ccccc3O4)cc21. The van der Waals surface area contributed by atoms with Gasteiger partial charge in [-0.05, 0) is 70.8 Å². The molecule has 0 fully saturated rings. The second-order valence-electron chi connectivity index (χ2n) is 9.72. The third-order valence-corrected chi connectivity index (χ3v) is 7.22. The van der Waals surface area contributed by atoms with Crippen LogP contribution in [0.4, 0.5) is 17.1 Å². The number of rotatable bonds is 3. The van der Waals surface area contributed by atoms with Crippen molar-refractivity contribution in [1.82, 2.24) is 4.98 Å². The molecule has 7 rings (SSSR count). The minimum absolute atomic E-state index is 0.0810. The van der Waals surface area contributed by atoms with E-state index in [1.54, 1.807) is 0 Å². The third-order valence-electron chi connectivity index (χ3n) is 7.22. The highest BCUT2D eigenvalue weighted by Crippen LogP contribution is 2.51. The Morgan fingerprint density at radius 1 is 0.556 bits per heavy atom. The number of anilines is 3. The number of hydrogen-bond acceptors (Lipinski definition) is 4. The van der Waals surface area contributed by atoms with Crippen LogP contribution in [0.15, 0.2) is 109 Å². The molecule has 0 atom stereocenters. The first-order chi connectivity index (χ1) is 17.6. The van der Waals surface area contributed by atoms with Crippen LogP contribution in [0.3, 0.4) is 0 Å². The Morgan fingerprint density at radius 2 is 1.17 bits per heavy atom. The fraction of sp³-hybridized carbons (Fsp3) is 0.0938. The highest BCUT2D eigenvalue weighted by Gasteiger charge is 2.35. The van der Waals surface area contributed by atoms with E-state index in [0.717, 1.165) is 28.6 Å². The summed E-state index contributed by atoms with van der Waals surface area (Å²) in [6.07, 6.45) is 3.65. The molecule has 2 aliphatic rings. The van der Waals surface area contributed by atoms with E-state index in [4.69, 9.17) is 9.47 Å². The smallest absolute Gasteiger partial charge is 0.172 e. The Balaban J connectivity index is 1.36. The molecule has 4 aromatic carbocycles. The lowest BCUT2D eigenvalue weighted by atomic mass is 9.82. The molecule has 0 unspecified atom stereocenters. The van der Waals surface area contributed by atoms with Crippen LogP contribution in [0.1, 0.15) is 25.0 Å². The Labute approximate surface area is 210 Å². The van der Waals surface area contributed by atoms with E-state index in [1.165, 1.54) is 22.3 Å². The van der Waals surface area contributed by atoms with Crippen LogP contribution in [-0.4, -0.2) is 4.98 Å². The molecule has 0 radical (unpaired) electrons. The second kappa shape index (κ2) is 7.72. The zero-order valence-electron chi connectivity index (χ0n) is 20.1. The van der Waals surface area contributed by atoms with Gasteiger partial charge in [0.2, 0.25) is 0 Å². The zero-order chi connectivity index (χ0) is 24.3. The summed E-state index contributed by atoms with van der Waals surface area (Å²) in [4.78, 5) is 6.49. The van der Waals surface area contributed by atoms with E-state index in [2.05, 4.69) is 72.3 Å². The standard InChI is InChI=1S/C32H24N2O2/c1-32(2)26-8-4-3-7-24(26)25-13-11-22(19-27(25)32)34(21-15-17-33-18-16-21)23-12-14-30-31(20-23)36-29-10-6-5-9-28(29)35-30/h3-20H,1-2H3. The first kappa shape index (κ1) is 20.8. The van der Waals surface area contributed by atoms with Gasteiger partial charge in [0, 0.05) is 35.2 Å². The fourth-order valence-corrected chi connectivity index (χ4v) is 5.43. The quantitative estimate of drug-likeness (QED) is 0.260. The first-order valence-corrected chi connectivity index (χ1v) is 12.1. The van der Waals surface area contributed by atoms with Crippen LogP contribution < -0.4 is 14.4 Å². The highest BCUT2D eigenvalue weighted by molar-refractivity contribution is 5.85. The lowest BCUT2D eigenvalue weighted by Gasteiger charge is -2.29. The van der Waals surface area contributed by atoms with Crippen molar-refractivity contribution in [2.45, 2.75) is 19.3 Å². The molecule has 5 aromatic rings. The van der Waals surface area contributed by atoms with Crippen molar-refractivity contribution in [2.75, 3.05) is 4.90 Å². The topological polar surface area (TPSA) is 34.6 Å². The summed E-state index contributed by atoms with van der Waals surface area (Å²) in [5.41, 5.74) is 8.31. The number of para-hydroxylation sites is 2. The summed E-state index contributed by atoms with van der Waals surface area (Å²) < 4.78 is 12.3. The molecular formula is C32H24N2O2. The molecule has 4 nitrogen and oxygen atoms in total. The van der Waals surface area contributed by atoms with Gasteiger partial charge in [0.15, 0.2) is 23.0 Å². The molecule has 0 N–H and O–H groups in total. The molecule has 0 saturated heterocycles. The average molecular weight is 469 g/mol. The minimum atomic E-state index is -0.0810. The van der Waals surface area contributed by atoms with Gasteiger partial charge in [0.25, 0.3) is 0 Å². The summed E-state index contributed by atoms with van der Waals surface area (Å²) in [5, 5.41) is 0. The molecule has 1 aliphatic heterocycles. The molecule has 0 spiro atoms. The number of aromatic nitrogens is 1. The van der Waals surface area contributed by atoms with Gasteiger partial charge in [-0.15, -0.1) is 0 Å². The van der Waals surface area contributed by atoms with Crippen molar-refractivity contribution < 1.29 is 9.47 Å². The van der Waals surface area contributed by atoms with Crippen molar-refractivity contribution in [3.05, 3.63) is 121 Å². The number of nitrogens with zero attached hydrogens (tertiary/aromatic N) is 2. The Hall–Kier alpha value is -4.57. The third kappa shape index (κ3) is 3.11. The van der Waals surface area contributed by atoms with E-state index in [9.17, 15) is 0 Å². The number of benzene rings is 4. The van der Waals surface area contributed by atoms with Crippen molar-refractivity contribution in [1.29, 1.82) is 0 Å². The summed E-state index contributed by atoms with van der Waals surface area (Å²) in [7, 11) is 0. The van der Waals surface area contributed by atoms with Crippen LogP contribution in [-0.2, 0) is 5.41 Å². The maximum Gasteiger partial charge on any atom is 0.172 e. The average Bonchev–Trinajstić information content (AvgIpc) is 3.15. The summed E-state index contributed by atoms with van der Waals surface area (Å²) in [5.74, 6) is 2.84. The lowest BCUT2D eigenvalue weighted by molar-refractivity contribution is 0.360. The maximum absolute atomic E-state index is 6.23. The number of pyridine rings is 1. The van der Waals surface area contributed by atoms with Crippen LogP contribution in [0, 0.1) is 0 Å². The molecule has 2 heterocycles. The molecule has 36 heavy (non-hydrogen) atoms. The van der Waals surface area contributed by atoms with Gasteiger partial charge >= 0.3 is 0 Å². The number of hydrogen-bond donors (Lipinski definition) is 0. The predicted octanol–water partition coefficient (Wildman–Crippen LogP) is 8.76. The van der Waals surface area contributed by atoms with E-state index in [-0.39, 0.29) is 5.41 Å². The van der Waals surface area contributed by atoms with Crippen molar-refractivity contribution >= 4 is 17.1 Å². The van der Waals surface area contributed by atoms with Crippen LogP contribution >= 0.6 is 0 Å². The molecule has 0 amide bonds. The maximum atomic E-state index is 6.23. The van der Waals surface area contributed by atoms with Crippen LogP contribution in [0.5, 0.6) is 23.0 Å². The van der Waals surface area contributed by atoms with Crippen molar-refractivity contribution in [3.63, 3.8) is 0 Å². The Morgan fingerprint density at radius 3 is 1.97 bits per heavy atom. The predicted molar refractivity (Wildman–Crippen MR) is 143 cm³/mol. The second-order valence-corrected chi connectivity index (χ2v) is 9.72. The normalized spacial score (nSPS) is 13.9. The monoisotopic (exact) mass is 468 g/mol. The molecule has 0 saturated carbocycles. The van der Waals surface area contributed by atoms with E-state index >= 15 is 0 Å². The molecule has 1 aliphatic carbocycles. The van der Waals surface area contributed by atoms with Gasteiger partial charge in [0.1, 0.15) is 0 Å².